The highest BCUT2D eigenvalue weighted by molar-refractivity contribution is 6.30. The number of halogens is 2. The standard InChI is InChI=1S/C25H21ClFN3O5/c1-2-35-25(34)22-20(23(32)28-15-8-6-14(26)7-9-15)21(22)24(33)29-18-11-10-16(13-17(18)27)30-12-4-3-5-19(30)31/h3-13,20-22H,2H2,1H3,(H,28,32)(H,29,33)/t20-,21+,22+/m1/s1. The Labute approximate surface area is 204 Å². The van der Waals surface area contributed by atoms with E-state index in [0.29, 0.717) is 10.7 Å². The summed E-state index contributed by atoms with van der Waals surface area (Å²) in [5.41, 5.74) is 0.246. The summed E-state index contributed by atoms with van der Waals surface area (Å²) in [6.07, 6.45) is 1.49. The van der Waals surface area contributed by atoms with Gasteiger partial charge in [0.25, 0.3) is 5.56 Å². The number of pyridine rings is 1. The van der Waals surface area contributed by atoms with Gasteiger partial charge in [-0.05, 0) is 49.4 Å². The molecule has 2 amide bonds. The summed E-state index contributed by atoms with van der Waals surface area (Å²) in [4.78, 5) is 50.1. The highest BCUT2D eigenvalue weighted by Gasteiger charge is 2.63. The summed E-state index contributed by atoms with van der Waals surface area (Å²) in [6.45, 7) is 1.71. The van der Waals surface area contributed by atoms with E-state index in [4.69, 9.17) is 16.3 Å². The monoisotopic (exact) mass is 497 g/mol. The molecule has 0 bridgehead atoms. The van der Waals surface area contributed by atoms with E-state index in [2.05, 4.69) is 10.6 Å². The van der Waals surface area contributed by atoms with Gasteiger partial charge in [0.2, 0.25) is 11.8 Å². The number of aromatic nitrogens is 1. The summed E-state index contributed by atoms with van der Waals surface area (Å²) in [5.74, 6) is -5.68. The van der Waals surface area contributed by atoms with Crippen LogP contribution in [-0.4, -0.2) is 29.0 Å². The van der Waals surface area contributed by atoms with Gasteiger partial charge < -0.3 is 15.4 Å². The van der Waals surface area contributed by atoms with Gasteiger partial charge in [-0.3, -0.25) is 23.7 Å². The van der Waals surface area contributed by atoms with E-state index >= 15 is 0 Å². The van der Waals surface area contributed by atoms with Gasteiger partial charge in [0.05, 0.1) is 35.7 Å². The van der Waals surface area contributed by atoms with Crippen molar-refractivity contribution in [3.8, 4) is 5.69 Å². The van der Waals surface area contributed by atoms with Gasteiger partial charge in [-0.1, -0.05) is 17.7 Å². The highest BCUT2D eigenvalue weighted by Crippen LogP contribution is 2.48. The Hall–Kier alpha value is -3.98. The number of carbonyl (C=O) groups excluding carboxylic acids is 3. The first-order valence-electron chi connectivity index (χ1n) is 10.8. The van der Waals surface area contributed by atoms with Gasteiger partial charge in [0.1, 0.15) is 5.82 Å². The smallest absolute Gasteiger partial charge is 0.310 e. The number of nitrogens with one attached hydrogen (secondary N) is 2. The first-order valence-corrected chi connectivity index (χ1v) is 11.2. The molecule has 1 heterocycles. The van der Waals surface area contributed by atoms with E-state index in [9.17, 15) is 23.6 Å². The van der Waals surface area contributed by atoms with Crippen LogP contribution in [0.1, 0.15) is 6.92 Å². The number of hydrogen-bond donors (Lipinski definition) is 2. The van der Waals surface area contributed by atoms with Crippen molar-refractivity contribution in [2.24, 2.45) is 17.8 Å². The highest BCUT2D eigenvalue weighted by atomic mass is 35.5. The fourth-order valence-corrected chi connectivity index (χ4v) is 3.99. The van der Waals surface area contributed by atoms with Crippen LogP contribution in [0.3, 0.4) is 0 Å². The van der Waals surface area contributed by atoms with E-state index in [1.165, 1.54) is 29.0 Å². The summed E-state index contributed by atoms with van der Waals surface area (Å²) < 4.78 is 21.0. The van der Waals surface area contributed by atoms with Gasteiger partial charge in [0.15, 0.2) is 0 Å². The van der Waals surface area contributed by atoms with Crippen LogP contribution >= 0.6 is 11.6 Å². The molecule has 10 heteroatoms. The molecule has 4 rings (SSSR count). The largest absolute Gasteiger partial charge is 0.466 e. The summed E-state index contributed by atoms with van der Waals surface area (Å²) in [5, 5.41) is 5.59. The number of esters is 1. The van der Waals surface area contributed by atoms with Crippen molar-refractivity contribution in [3.63, 3.8) is 0 Å². The van der Waals surface area contributed by atoms with Crippen molar-refractivity contribution in [1.29, 1.82) is 0 Å². The lowest BCUT2D eigenvalue weighted by atomic mass is 10.2. The van der Waals surface area contributed by atoms with Crippen molar-refractivity contribution in [1.82, 2.24) is 4.57 Å². The van der Waals surface area contributed by atoms with Gasteiger partial charge >= 0.3 is 5.97 Å². The molecule has 0 unspecified atom stereocenters. The Morgan fingerprint density at radius 1 is 0.971 bits per heavy atom. The van der Waals surface area contributed by atoms with Gasteiger partial charge in [-0.25, -0.2) is 4.39 Å². The quantitative estimate of drug-likeness (QED) is 0.485. The number of rotatable bonds is 7. The third-order valence-corrected chi connectivity index (χ3v) is 5.86. The van der Waals surface area contributed by atoms with Crippen LogP contribution < -0.4 is 16.2 Å². The van der Waals surface area contributed by atoms with Crippen molar-refractivity contribution in [2.45, 2.75) is 6.92 Å². The SMILES string of the molecule is CCOC(=O)[C@H]1[C@H](C(=O)Nc2ccc(Cl)cc2)[C@@H]1C(=O)Nc1ccc(-n2ccccc2=O)cc1F. The van der Waals surface area contributed by atoms with Crippen LogP contribution in [0.4, 0.5) is 15.8 Å². The summed E-state index contributed by atoms with van der Waals surface area (Å²) in [6, 6.07) is 14.8. The van der Waals surface area contributed by atoms with Crippen LogP contribution in [-0.2, 0) is 19.1 Å². The molecule has 0 aliphatic heterocycles. The van der Waals surface area contributed by atoms with Crippen molar-refractivity contribution < 1.29 is 23.5 Å². The second-order valence-electron chi connectivity index (χ2n) is 7.89. The molecule has 0 spiro atoms. The molecule has 1 aliphatic rings. The third-order valence-electron chi connectivity index (χ3n) is 5.61. The Morgan fingerprint density at radius 3 is 2.29 bits per heavy atom. The zero-order valence-corrected chi connectivity index (χ0v) is 19.3. The van der Waals surface area contributed by atoms with Gasteiger partial charge in [-0.15, -0.1) is 0 Å². The predicted molar refractivity (Wildman–Crippen MR) is 128 cm³/mol. The van der Waals surface area contributed by atoms with Crippen molar-refractivity contribution in [2.75, 3.05) is 17.2 Å². The van der Waals surface area contributed by atoms with Crippen LogP contribution in [0.25, 0.3) is 5.69 Å². The molecule has 3 atom stereocenters. The number of nitrogens with zero attached hydrogens (tertiary/aromatic N) is 1. The molecule has 8 nitrogen and oxygen atoms in total. The second-order valence-corrected chi connectivity index (χ2v) is 8.32. The topological polar surface area (TPSA) is 106 Å². The van der Waals surface area contributed by atoms with Crippen molar-refractivity contribution >= 4 is 40.8 Å². The minimum absolute atomic E-state index is 0.0874. The van der Waals surface area contributed by atoms with Crippen molar-refractivity contribution in [3.05, 3.63) is 88.1 Å². The van der Waals surface area contributed by atoms with E-state index in [-0.39, 0.29) is 23.5 Å². The van der Waals surface area contributed by atoms with Crippen LogP contribution in [0.5, 0.6) is 0 Å². The molecule has 2 N–H and O–H groups in total. The lowest BCUT2D eigenvalue weighted by Crippen LogP contribution is -2.21. The molecule has 2 aromatic carbocycles. The van der Waals surface area contributed by atoms with E-state index in [0.717, 1.165) is 6.07 Å². The Bertz CT molecular complexity index is 1340. The number of anilines is 2. The molecule has 1 aromatic heterocycles. The van der Waals surface area contributed by atoms with Gasteiger partial charge in [-0.2, -0.15) is 0 Å². The minimum atomic E-state index is -1.03. The maximum absolute atomic E-state index is 14.8. The van der Waals surface area contributed by atoms with Crippen LogP contribution in [0.2, 0.25) is 5.02 Å². The number of benzene rings is 2. The maximum Gasteiger partial charge on any atom is 0.310 e. The lowest BCUT2D eigenvalue weighted by Gasteiger charge is -2.10. The fourth-order valence-electron chi connectivity index (χ4n) is 3.87. The van der Waals surface area contributed by atoms with E-state index < -0.39 is 41.4 Å². The van der Waals surface area contributed by atoms with Crippen LogP contribution in [0.15, 0.2) is 71.7 Å². The first-order chi connectivity index (χ1) is 16.8. The molecule has 1 aliphatic carbocycles. The summed E-state index contributed by atoms with van der Waals surface area (Å²) in [7, 11) is 0. The maximum atomic E-state index is 14.8. The normalized spacial score (nSPS) is 18.4. The minimum Gasteiger partial charge on any atom is -0.466 e. The number of amides is 2. The lowest BCUT2D eigenvalue weighted by molar-refractivity contribution is -0.146. The second kappa shape index (κ2) is 10.1. The Balaban J connectivity index is 1.51. The van der Waals surface area contributed by atoms with Gasteiger partial charge in [0, 0.05) is 29.0 Å². The first kappa shape index (κ1) is 24.2. The Morgan fingerprint density at radius 2 is 1.66 bits per heavy atom. The zero-order chi connectivity index (χ0) is 25.1. The molecule has 1 saturated carbocycles. The molecule has 1 fully saturated rings. The molecule has 0 saturated heterocycles. The Kier molecular flexibility index (Phi) is 6.97. The van der Waals surface area contributed by atoms with E-state index in [1.807, 2.05) is 0 Å². The molecule has 0 radical (unpaired) electrons. The molecule has 35 heavy (non-hydrogen) atoms. The zero-order valence-electron chi connectivity index (χ0n) is 18.5. The average Bonchev–Trinajstić information content (AvgIpc) is 3.59. The third kappa shape index (κ3) is 5.25. The van der Waals surface area contributed by atoms with E-state index in [1.54, 1.807) is 43.3 Å². The summed E-state index contributed by atoms with van der Waals surface area (Å²) >= 11 is 5.86. The molecule has 180 valence electrons. The predicted octanol–water partition coefficient (Wildman–Crippen LogP) is 3.63. The fraction of sp³-hybridized carbons (Fsp3) is 0.200. The molecule has 3 aromatic rings. The number of ether oxygens (including phenoxy) is 1. The number of carbonyl (C=O) groups is 3. The number of hydrogen-bond acceptors (Lipinski definition) is 5. The average molecular weight is 498 g/mol. The molecular formula is C25H21ClFN3O5. The van der Waals surface area contributed by atoms with Crippen LogP contribution in [0, 0.1) is 23.6 Å². The molecular weight excluding hydrogens is 477 g/mol.